The van der Waals surface area contributed by atoms with Crippen molar-refractivity contribution >= 4 is 11.7 Å². The number of amides is 2. The minimum Gasteiger partial charge on any atom is -0.389 e. The van der Waals surface area contributed by atoms with Crippen LogP contribution in [0.2, 0.25) is 0 Å². The first kappa shape index (κ1) is 12.9. The second kappa shape index (κ2) is 5.40. The van der Waals surface area contributed by atoms with Crippen LogP contribution in [0.4, 0.5) is 10.5 Å². The molecule has 0 heterocycles. The van der Waals surface area contributed by atoms with Gasteiger partial charge in [0.1, 0.15) is 0 Å². The normalized spacial score (nSPS) is 23.9. The Morgan fingerprint density at radius 1 is 1.33 bits per heavy atom. The number of carbonyl (C=O) groups excluding carboxylic acids is 1. The molecule has 0 radical (unpaired) electrons. The highest BCUT2D eigenvalue weighted by Gasteiger charge is 2.26. The van der Waals surface area contributed by atoms with Crippen LogP contribution < -0.4 is 10.6 Å². The van der Waals surface area contributed by atoms with Gasteiger partial charge in [-0.05, 0) is 43.4 Å². The van der Waals surface area contributed by atoms with E-state index < -0.39 is 6.10 Å². The molecule has 2 amide bonds. The predicted molar refractivity (Wildman–Crippen MR) is 71.4 cm³/mol. The average molecular weight is 248 g/mol. The van der Waals surface area contributed by atoms with Gasteiger partial charge in [-0.3, -0.25) is 0 Å². The van der Waals surface area contributed by atoms with Crippen molar-refractivity contribution < 1.29 is 9.90 Å². The molecule has 0 bridgehead atoms. The topological polar surface area (TPSA) is 61.4 Å². The molecule has 98 valence electrons. The summed E-state index contributed by atoms with van der Waals surface area (Å²) < 4.78 is 0. The highest BCUT2D eigenvalue weighted by molar-refractivity contribution is 5.89. The van der Waals surface area contributed by atoms with E-state index in [1.807, 2.05) is 12.1 Å². The van der Waals surface area contributed by atoms with E-state index in [-0.39, 0.29) is 6.03 Å². The van der Waals surface area contributed by atoms with Crippen LogP contribution >= 0.6 is 0 Å². The lowest BCUT2D eigenvalue weighted by Crippen LogP contribution is -2.45. The standard InChI is InChI=1S/C14H20N2O2/c1-9-7-13(8-9)16-14(18)15-12-5-3-11(4-6-12)10(2)17/h3-6,9-10,13,17H,7-8H2,1-2H3,(H2,15,16,18). The van der Waals surface area contributed by atoms with E-state index >= 15 is 0 Å². The summed E-state index contributed by atoms with van der Waals surface area (Å²) in [5, 5.41) is 15.1. The molecule has 4 nitrogen and oxygen atoms in total. The van der Waals surface area contributed by atoms with Crippen LogP contribution in [-0.2, 0) is 0 Å². The molecule has 0 saturated heterocycles. The number of urea groups is 1. The maximum absolute atomic E-state index is 11.7. The second-order valence-corrected chi connectivity index (χ2v) is 5.17. The van der Waals surface area contributed by atoms with Crippen molar-refractivity contribution in [1.29, 1.82) is 0 Å². The lowest BCUT2D eigenvalue weighted by atomic mass is 9.82. The summed E-state index contributed by atoms with van der Waals surface area (Å²) in [5.41, 5.74) is 1.58. The molecule has 18 heavy (non-hydrogen) atoms. The molecule has 1 aromatic rings. The van der Waals surface area contributed by atoms with Crippen LogP contribution in [0.1, 0.15) is 38.4 Å². The van der Waals surface area contributed by atoms with Crippen LogP contribution in [0.3, 0.4) is 0 Å². The van der Waals surface area contributed by atoms with Gasteiger partial charge in [0, 0.05) is 11.7 Å². The Labute approximate surface area is 107 Å². The quantitative estimate of drug-likeness (QED) is 0.770. The van der Waals surface area contributed by atoms with Crippen molar-refractivity contribution in [3.8, 4) is 0 Å². The summed E-state index contributed by atoms with van der Waals surface area (Å²) in [4.78, 5) is 11.7. The Hall–Kier alpha value is -1.55. The Kier molecular flexibility index (Phi) is 3.87. The SMILES string of the molecule is CC1CC(NC(=O)Nc2ccc(C(C)O)cc2)C1. The number of aliphatic hydroxyl groups excluding tert-OH is 1. The summed E-state index contributed by atoms with van der Waals surface area (Å²) in [7, 11) is 0. The largest absolute Gasteiger partial charge is 0.389 e. The fourth-order valence-electron chi connectivity index (χ4n) is 2.22. The summed E-state index contributed by atoms with van der Waals surface area (Å²) in [5.74, 6) is 0.723. The van der Waals surface area contributed by atoms with Crippen LogP contribution in [0.15, 0.2) is 24.3 Å². The molecular weight excluding hydrogens is 228 g/mol. The smallest absolute Gasteiger partial charge is 0.319 e. The molecule has 1 aliphatic rings. The lowest BCUT2D eigenvalue weighted by molar-refractivity contribution is 0.199. The van der Waals surface area contributed by atoms with Gasteiger partial charge in [-0.15, -0.1) is 0 Å². The number of nitrogens with one attached hydrogen (secondary N) is 2. The minimum absolute atomic E-state index is 0.156. The molecule has 1 saturated carbocycles. The third kappa shape index (κ3) is 3.23. The maximum atomic E-state index is 11.7. The van der Waals surface area contributed by atoms with E-state index in [0.29, 0.717) is 6.04 Å². The summed E-state index contributed by atoms with van der Waals surface area (Å²) in [6, 6.07) is 7.38. The number of aliphatic hydroxyl groups is 1. The van der Waals surface area contributed by atoms with E-state index in [2.05, 4.69) is 17.6 Å². The third-order valence-corrected chi connectivity index (χ3v) is 3.36. The number of hydrogen-bond acceptors (Lipinski definition) is 2. The monoisotopic (exact) mass is 248 g/mol. The van der Waals surface area contributed by atoms with Crippen molar-refractivity contribution in [2.45, 2.75) is 38.8 Å². The molecule has 2 rings (SSSR count). The van der Waals surface area contributed by atoms with Gasteiger partial charge < -0.3 is 15.7 Å². The van der Waals surface area contributed by atoms with E-state index in [9.17, 15) is 9.90 Å². The Bertz CT molecular complexity index is 408. The maximum Gasteiger partial charge on any atom is 0.319 e. The Morgan fingerprint density at radius 3 is 2.44 bits per heavy atom. The predicted octanol–water partition coefficient (Wildman–Crippen LogP) is 2.66. The third-order valence-electron chi connectivity index (χ3n) is 3.36. The van der Waals surface area contributed by atoms with Crippen LogP contribution in [0.5, 0.6) is 0 Å². The highest BCUT2D eigenvalue weighted by Crippen LogP contribution is 2.26. The molecule has 3 N–H and O–H groups in total. The molecule has 1 aromatic carbocycles. The fourth-order valence-corrected chi connectivity index (χ4v) is 2.22. The van der Waals surface area contributed by atoms with Crippen molar-refractivity contribution in [3.63, 3.8) is 0 Å². The Balaban J connectivity index is 1.83. The van der Waals surface area contributed by atoms with E-state index in [1.54, 1.807) is 19.1 Å². The van der Waals surface area contributed by atoms with Crippen LogP contribution in [0, 0.1) is 5.92 Å². The van der Waals surface area contributed by atoms with Gasteiger partial charge in [0.25, 0.3) is 0 Å². The van der Waals surface area contributed by atoms with E-state index in [0.717, 1.165) is 30.0 Å². The van der Waals surface area contributed by atoms with Gasteiger partial charge in [0.15, 0.2) is 0 Å². The van der Waals surface area contributed by atoms with Crippen molar-refractivity contribution in [2.24, 2.45) is 5.92 Å². The fraction of sp³-hybridized carbons (Fsp3) is 0.500. The van der Waals surface area contributed by atoms with Gasteiger partial charge in [0.05, 0.1) is 6.10 Å². The van der Waals surface area contributed by atoms with Gasteiger partial charge in [-0.2, -0.15) is 0 Å². The van der Waals surface area contributed by atoms with Gasteiger partial charge >= 0.3 is 6.03 Å². The molecule has 0 spiro atoms. The van der Waals surface area contributed by atoms with Gasteiger partial charge in [-0.1, -0.05) is 19.1 Å². The van der Waals surface area contributed by atoms with Crippen molar-refractivity contribution in [2.75, 3.05) is 5.32 Å². The highest BCUT2D eigenvalue weighted by atomic mass is 16.3. The summed E-state index contributed by atoms with van der Waals surface area (Å²) >= 11 is 0. The first-order chi connectivity index (χ1) is 8.54. The van der Waals surface area contributed by atoms with Crippen LogP contribution in [0.25, 0.3) is 0 Å². The molecule has 1 fully saturated rings. The van der Waals surface area contributed by atoms with Gasteiger partial charge in [-0.25, -0.2) is 4.79 Å². The summed E-state index contributed by atoms with van der Waals surface area (Å²) in [6.07, 6.45) is 1.65. The molecule has 1 aliphatic carbocycles. The number of benzene rings is 1. The summed E-state index contributed by atoms with van der Waals surface area (Å²) in [6.45, 7) is 3.90. The second-order valence-electron chi connectivity index (χ2n) is 5.17. The molecule has 1 atom stereocenters. The van der Waals surface area contributed by atoms with E-state index in [1.165, 1.54) is 0 Å². The average Bonchev–Trinajstić information content (AvgIpc) is 2.27. The lowest BCUT2D eigenvalue weighted by Gasteiger charge is -2.33. The zero-order chi connectivity index (χ0) is 13.1. The zero-order valence-corrected chi connectivity index (χ0v) is 10.8. The van der Waals surface area contributed by atoms with Crippen molar-refractivity contribution in [1.82, 2.24) is 5.32 Å². The molecule has 0 aliphatic heterocycles. The minimum atomic E-state index is -0.482. The van der Waals surface area contributed by atoms with Crippen LogP contribution in [-0.4, -0.2) is 17.2 Å². The van der Waals surface area contributed by atoms with Crippen molar-refractivity contribution in [3.05, 3.63) is 29.8 Å². The van der Waals surface area contributed by atoms with E-state index in [4.69, 9.17) is 0 Å². The molecule has 4 heteroatoms. The first-order valence-electron chi connectivity index (χ1n) is 6.40. The number of rotatable bonds is 3. The Morgan fingerprint density at radius 2 is 1.94 bits per heavy atom. The number of hydrogen-bond donors (Lipinski definition) is 3. The number of anilines is 1. The first-order valence-corrected chi connectivity index (χ1v) is 6.40. The zero-order valence-electron chi connectivity index (χ0n) is 10.8. The number of carbonyl (C=O) groups is 1. The molecule has 1 unspecified atom stereocenters. The van der Waals surface area contributed by atoms with Gasteiger partial charge in [0.2, 0.25) is 0 Å². The molecule has 0 aromatic heterocycles. The molecular formula is C14H20N2O2.